The van der Waals surface area contributed by atoms with E-state index in [-0.39, 0.29) is 12.1 Å². The zero-order valence-corrected chi connectivity index (χ0v) is 6.05. The van der Waals surface area contributed by atoms with Crippen molar-refractivity contribution in [2.75, 3.05) is 20.3 Å². The summed E-state index contributed by atoms with van der Waals surface area (Å²) in [5, 5.41) is 8.49. The lowest BCUT2D eigenvalue weighted by molar-refractivity contribution is 0.121. The summed E-state index contributed by atoms with van der Waals surface area (Å²) in [6.07, 6.45) is 0.584. The molecule has 9 heavy (non-hydrogen) atoms. The standard InChI is InChI=1S/C6H15NO2/c1-6(7,3-4-8)5-9-2/h8H,3-5,7H2,1-2H3. The molecule has 0 aliphatic carbocycles. The maximum Gasteiger partial charge on any atom is 0.0640 e. The van der Waals surface area contributed by atoms with E-state index in [2.05, 4.69) is 0 Å². The number of methoxy groups -OCH3 is 1. The number of aliphatic hydroxyl groups excluding tert-OH is 1. The van der Waals surface area contributed by atoms with Gasteiger partial charge in [-0.3, -0.25) is 0 Å². The van der Waals surface area contributed by atoms with E-state index in [1.54, 1.807) is 7.11 Å². The Hall–Kier alpha value is -0.120. The molecule has 0 aliphatic rings. The first-order valence-corrected chi connectivity index (χ1v) is 3.01. The predicted molar refractivity (Wildman–Crippen MR) is 36.2 cm³/mol. The van der Waals surface area contributed by atoms with Gasteiger partial charge in [0.15, 0.2) is 0 Å². The van der Waals surface area contributed by atoms with Crippen molar-refractivity contribution in [3.63, 3.8) is 0 Å². The van der Waals surface area contributed by atoms with Crippen molar-refractivity contribution in [1.29, 1.82) is 0 Å². The molecule has 3 N–H and O–H groups in total. The van der Waals surface area contributed by atoms with Crippen molar-refractivity contribution in [2.24, 2.45) is 5.73 Å². The first-order valence-electron chi connectivity index (χ1n) is 3.01. The molecule has 0 fully saturated rings. The lowest BCUT2D eigenvalue weighted by atomic mass is 10.0. The normalized spacial score (nSPS) is 17.3. The zero-order chi connectivity index (χ0) is 7.33. The molecule has 0 bridgehead atoms. The van der Waals surface area contributed by atoms with Gasteiger partial charge in [-0.25, -0.2) is 0 Å². The van der Waals surface area contributed by atoms with E-state index in [1.165, 1.54) is 0 Å². The van der Waals surface area contributed by atoms with Crippen molar-refractivity contribution in [2.45, 2.75) is 18.9 Å². The van der Waals surface area contributed by atoms with Crippen LogP contribution in [0, 0.1) is 0 Å². The fraction of sp³-hybridized carbons (Fsp3) is 1.00. The third-order valence-electron chi connectivity index (χ3n) is 1.16. The van der Waals surface area contributed by atoms with E-state index in [1.807, 2.05) is 6.92 Å². The number of aliphatic hydroxyl groups is 1. The van der Waals surface area contributed by atoms with E-state index in [9.17, 15) is 0 Å². The lowest BCUT2D eigenvalue weighted by Crippen LogP contribution is -2.41. The van der Waals surface area contributed by atoms with E-state index >= 15 is 0 Å². The Morgan fingerprint density at radius 3 is 2.56 bits per heavy atom. The van der Waals surface area contributed by atoms with Crippen LogP contribution in [0.25, 0.3) is 0 Å². The van der Waals surface area contributed by atoms with Gasteiger partial charge in [-0.2, -0.15) is 0 Å². The fourth-order valence-electron chi connectivity index (χ4n) is 0.657. The summed E-state index contributed by atoms with van der Waals surface area (Å²) in [6, 6.07) is 0. The first kappa shape index (κ1) is 8.88. The van der Waals surface area contributed by atoms with Gasteiger partial charge in [0.25, 0.3) is 0 Å². The second-order valence-corrected chi connectivity index (χ2v) is 2.56. The molecule has 0 aliphatic heterocycles. The third kappa shape index (κ3) is 4.39. The monoisotopic (exact) mass is 133 g/mol. The highest BCUT2D eigenvalue weighted by molar-refractivity contribution is 4.76. The second-order valence-electron chi connectivity index (χ2n) is 2.56. The maximum atomic E-state index is 8.49. The minimum atomic E-state index is -0.372. The Balaban J connectivity index is 3.43. The van der Waals surface area contributed by atoms with Crippen LogP contribution < -0.4 is 5.73 Å². The average molecular weight is 133 g/mol. The Bertz CT molecular complexity index is 65.5. The number of hydrogen-bond donors (Lipinski definition) is 2. The Labute approximate surface area is 55.8 Å². The number of ether oxygens (including phenoxy) is 1. The molecule has 3 heteroatoms. The van der Waals surface area contributed by atoms with E-state index < -0.39 is 0 Å². The van der Waals surface area contributed by atoms with Gasteiger partial charge in [-0.1, -0.05) is 0 Å². The van der Waals surface area contributed by atoms with Crippen molar-refractivity contribution in [3.05, 3.63) is 0 Å². The Morgan fingerprint density at radius 1 is 1.67 bits per heavy atom. The Kier molecular flexibility index (Phi) is 3.77. The molecule has 0 saturated carbocycles. The first-order chi connectivity index (χ1) is 4.12. The van der Waals surface area contributed by atoms with Gasteiger partial charge in [-0.05, 0) is 13.3 Å². The molecule has 0 heterocycles. The van der Waals surface area contributed by atoms with E-state index in [0.29, 0.717) is 13.0 Å². The molecule has 0 spiro atoms. The molecule has 56 valence electrons. The van der Waals surface area contributed by atoms with Crippen LogP contribution in [-0.4, -0.2) is 31.0 Å². The fourth-order valence-corrected chi connectivity index (χ4v) is 0.657. The highest BCUT2D eigenvalue weighted by Gasteiger charge is 2.16. The van der Waals surface area contributed by atoms with E-state index in [4.69, 9.17) is 15.6 Å². The highest BCUT2D eigenvalue weighted by Crippen LogP contribution is 2.03. The Morgan fingerprint density at radius 2 is 2.22 bits per heavy atom. The second kappa shape index (κ2) is 3.82. The van der Waals surface area contributed by atoms with Gasteiger partial charge in [0, 0.05) is 19.3 Å². The SMILES string of the molecule is COCC(C)(N)CCO. The van der Waals surface area contributed by atoms with Gasteiger partial charge in [-0.15, -0.1) is 0 Å². The van der Waals surface area contributed by atoms with Crippen LogP contribution in [-0.2, 0) is 4.74 Å². The molecule has 1 unspecified atom stereocenters. The zero-order valence-electron chi connectivity index (χ0n) is 6.05. The van der Waals surface area contributed by atoms with Crippen LogP contribution in [0.15, 0.2) is 0 Å². The molecule has 0 rings (SSSR count). The molecule has 0 radical (unpaired) electrons. The molecule has 0 aromatic heterocycles. The third-order valence-corrected chi connectivity index (χ3v) is 1.16. The predicted octanol–water partition coefficient (Wildman–Crippen LogP) is -0.267. The van der Waals surface area contributed by atoms with Gasteiger partial charge < -0.3 is 15.6 Å². The molecule has 3 nitrogen and oxygen atoms in total. The summed E-state index contributed by atoms with van der Waals surface area (Å²) < 4.78 is 4.82. The van der Waals surface area contributed by atoms with E-state index in [0.717, 1.165) is 0 Å². The largest absolute Gasteiger partial charge is 0.396 e. The summed E-state index contributed by atoms with van der Waals surface area (Å²) in [6.45, 7) is 2.47. The van der Waals surface area contributed by atoms with Crippen LogP contribution in [0.1, 0.15) is 13.3 Å². The summed E-state index contributed by atoms with van der Waals surface area (Å²) >= 11 is 0. The van der Waals surface area contributed by atoms with Gasteiger partial charge >= 0.3 is 0 Å². The maximum absolute atomic E-state index is 8.49. The van der Waals surface area contributed by atoms with Gasteiger partial charge in [0.05, 0.1) is 6.61 Å². The average Bonchev–Trinajstić information content (AvgIpc) is 1.64. The molecule has 1 atom stereocenters. The molecule has 0 aromatic carbocycles. The number of nitrogens with two attached hydrogens (primary N) is 1. The summed E-state index contributed by atoms with van der Waals surface area (Å²) in [5.41, 5.74) is 5.28. The summed E-state index contributed by atoms with van der Waals surface area (Å²) in [5.74, 6) is 0. The van der Waals surface area contributed by atoms with Crippen LogP contribution in [0.4, 0.5) is 0 Å². The molecule has 0 amide bonds. The minimum absolute atomic E-state index is 0.121. The number of hydrogen-bond acceptors (Lipinski definition) is 3. The molecular formula is C6H15NO2. The van der Waals surface area contributed by atoms with Crippen LogP contribution >= 0.6 is 0 Å². The summed E-state index contributed by atoms with van der Waals surface area (Å²) in [4.78, 5) is 0. The van der Waals surface area contributed by atoms with Crippen LogP contribution in [0.2, 0.25) is 0 Å². The highest BCUT2D eigenvalue weighted by atomic mass is 16.5. The van der Waals surface area contributed by atoms with Crippen molar-refractivity contribution in [3.8, 4) is 0 Å². The molecule has 0 saturated heterocycles. The van der Waals surface area contributed by atoms with Gasteiger partial charge in [0.2, 0.25) is 0 Å². The lowest BCUT2D eigenvalue weighted by Gasteiger charge is -2.21. The van der Waals surface area contributed by atoms with Crippen molar-refractivity contribution < 1.29 is 9.84 Å². The quantitative estimate of drug-likeness (QED) is 0.555. The van der Waals surface area contributed by atoms with Crippen molar-refractivity contribution >= 4 is 0 Å². The summed E-state index contributed by atoms with van der Waals surface area (Å²) in [7, 11) is 1.60. The smallest absolute Gasteiger partial charge is 0.0640 e. The minimum Gasteiger partial charge on any atom is -0.396 e. The topological polar surface area (TPSA) is 55.5 Å². The number of rotatable bonds is 4. The van der Waals surface area contributed by atoms with Gasteiger partial charge in [0.1, 0.15) is 0 Å². The van der Waals surface area contributed by atoms with Crippen molar-refractivity contribution in [1.82, 2.24) is 0 Å². The van der Waals surface area contributed by atoms with Crippen LogP contribution in [0.3, 0.4) is 0 Å². The molecule has 0 aromatic rings. The van der Waals surface area contributed by atoms with Crippen LogP contribution in [0.5, 0.6) is 0 Å². The molecular weight excluding hydrogens is 118 g/mol.